The predicted molar refractivity (Wildman–Crippen MR) is 82.7 cm³/mol. The Morgan fingerprint density at radius 1 is 1.33 bits per heavy atom. The summed E-state index contributed by atoms with van der Waals surface area (Å²) in [6.07, 6.45) is 2.47. The predicted octanol–water partition coefficient (Wildman–Crippen LogP) is 3.41. The Morgan fingerprint density at radius 2 is 2.11 bits per heavy atom. The maximum absolute atomic E-state index is 5.37. The molecule has 0 aliphatic carbocycles. The number of methoxy groups -OCH3 is 1. The zero-order valence-corrected chi connectivity index (χ0v) is 13.8. The van der Waals surface area contributed by atoms with Crippen LogP contribution in [0.2, 0.25) is 0 Å². The molecule has 1 saturated heterocycles. The maximum Gasteiger partial charge on any atom is 0.135 e. The van der Waals surface area contributed by atoms with E-state index in [0.717, 1.165) is 27.8 Å². The summed E-state index contributed by atoms with van der Waals surface area (Å²) in [6, 6.07) is 4.71. The topological polar surface area (TPSA) is 24.5 Å². The molecule has 1 fully saturated rings. The van der Waals surface area contributed by atoms with Crippen molar-refractivity contribution in [3.8, 4) is 5.75 Å². The number of halogens is 2. The molecule has 1 aliphatic rings. The van der Waals surface area contributed by atoms with E-state index in [-0.39, 0.29) is 0 Å². The lowest BCUT2D eigenvalue weighted by molar-refractivity contribution is 0.411. The number of ether oxygens (including phenoxy) is 1. The van der Waals surface area contributed by atoms with E-state index in [0.29, 0.717) is 6.04 Å². The third-order valence-corrected chi connectivity index (χ3v) is 4.65. The summed E-state index contributed by atoms with van der Waals surface area (Å²) in [6.45, 7) is 2.14. The number of piperidine rings is 1. The number of hydrogen-bond acceptors (Lipinski definition) is 3. The van der Waals surface area contributed by atoms with Gasteiger partial charge in [-0.3, -0.25) is 0 Å². The lowest BCUT2D eigenvalue weighted by Gasteiger charge is -2.35. The number of nitrogens with one attached hydrogen (secondary N) is 1. The number of hydrogen-bond donors (Lipinski definition) is 1. The number of rotatable bonds is 3. The van der Waals surface area contributed by atoms with Crippen molar-refractivity contribution in [1.29, 1.82) is 0 Å². The summed E-state index contributed by atoms with van der Waals surface area (Å²) in [5, 5.41) is 3.37. The van der Waals surface area contributed by atoms with Gasteiger partial charge in [0.25, 0.3) is 0 Å². The standard InChI is InChI=1S/C13H18Br2N2O/c1-16-9-4-3-5-17(8-9)12-7-13(18-2)11(15)6-10(12)14/h6-7,9,16H,3-5,8H2,1-2H3. The van der Waals surface area contributed by atoms with Crippen LogP contribution in [-0.4, -0.2) is 33.3 Å². The van der Waals surface area contributed by atoms with Gasteiger partial charge >= 0.3 is 0 Å². The van der Waals surface area contributed by atoms with Crippen molar-refractivity contribution in [2.45, 2.75) is 18.9 Å². The molecule has 0 amide bonds. The molecule has 1 aromatic carbocycles. The Labute approximate surface area is 125 Å². The van der Waals surface area contributed by atoms with E-state index in [1.165, 1.54) is 18.5 Å². The van der Waals surface area contributed by atoms with Crippen LogP contribution in [0.3, 0.4) is 0 Å². The zero-order chi connectivity index (χ0) is 13.1. The lowest BCUT2D eigenvalue weighted by atomic mass is 10.1. The molecular formula is C13H18Br2N2O. The van der Waals surface area contributed by atoms with Crippen LogP contribution >= 0.6 is 31.9 Å². The quantitative estimate of drug-likeness (QED) is 0.873. The molecule has 2 rings (SSSR count). The summed E-state index contributed by atoms with van der Waals surface area (Å²) in [5.74, 6) is 0.875. The molecule has 1 atom stereocenters. The molecule has 0 spiro atoms. The van der Waals surface area contributed by atoms with Gasteiger partial charge in [0.15, 0.2) is 0 Å². The van der Waals surface area contributed by atoms with Crippen LogP contribution in [0.15, 0.2) is 21.1 Å². The van der Waals surface area contributed by atoms with Gasteiger partial charge in [-0.2, -0.15) is 0 Å². The molecular weight excluding hydrogens is 360 g/mol. The largest absolute Gasteiger partial charge is 0.495 e. The van der Waals surface area contributed by atoms with Crippen LogP contribution in [0, 0.1) is 0 Å². The van der Waals surface area contributed by atoms with E-state index in [2.05, 4.69) is 54.2 Å². The number of nitrogens with zero attached hydrogens (tertiary/aromatic N) is 1. The first kappa shape index (κ1) is 14.2. The van der Waals surface area contributed by atoms with E-state index in [4.69, 9.17) is 4.74 Å². The second kappa shape index (κ2) is 6.26. The highest BCUT2D eigenvalue weighted by atomic mass is 79.9. The van der Waals surface area contributed by atoms with Gasteiger partial charge in [0.1, 0.15) is 5.75 Å². The molecule has 0 radical (unpaired) electrons. The van der Waals surface area contributed by atoms with E-state index in [9.17, 15) is 0 Å². The maximum atomic E-state index is 5.37. The molecule has 1 aromatic rings. The first-order valence-corrected chi connectivity index (χ1v) is 7.69. The van der Waals surface area contributed by atoms with Gasteiger partial charge in [0.05, 0.1) is 17.3 Å². The van der Waals surface area contributed by atoms with E-state index < -0.39 is 0 Å². The monoisotopic (exact) mass is 376 g/mol. The van der Waals surface area contributed by atoms with Crippen LogP contribution in [0.1, 0.15) is 12.8 Å². The molecule has 1 aliphatic heterocycles. The fraction of sp³-hybridized carbons (Fsp3) is 0.538. The van der Waals surface area contributed by atoms with Crippen molar-refractivity contribution in [2.75, 3.05) is 32.1 Å². The second-order valence-electron chi connectivity index (χ2n) is 4.51. The number of anilines is 1. The van der Waals surface area contributed by atoms with Crippen molar-refractivity contribution in [1.82, 2.24) is 5.32 Å². The Hall–Kier alpha value is -0.260. The average Bonchev–Trinajstić information content (AvgIpc) is 2.39. The lowest BCUT2D eigenvalue weighted by Crippen LogP contribution is -2.44. The van der Waals surface area contributed by atoms with Crippen LogP contribution in [0.4, 0.5) is 5.69 Å². The van der Waals surface area contributed by atoms with Gasteiger partial charge < -0.3 is 15.0 Å². The minimum Gasteiger partial charge on any atom is -0.495 e. The fourth-order valence-electron chi connectivity index (χ4n) is 2.35. The molecule has 0 saturated carbocycles. The van der Waals surface area contributed by atoms with Crippen molar-refractivity contribution < 1.29 is 4.74 Å². The molecule has 0 aromatic heterocycles. The van der Waals surface area contributed by atoms with Gasteiger partial charge in [-0.05, 0) is 57.8 Å². The first-order valence-electron chi connectivity index (χ1n) is 6.11. The molecule has 1 N–H and O–H groups in total. The average molecular weight is 378 g/mol. The van der Waals surface area contributed by atoms with Gasteiger partial charge in [-0.15, -0.1) is 0 Å². The highest BCUT2D eigenvalue weighted by molar-refractivity contribution is 9.11. The summed E-state index contributed by atoms with van der Waals surface area (Å²) in [5.41, 5.74) is 1.20. The summed E-state index contributed by atoms with van der Waals surface area (Å²) in [4.78, 5) is 2.41. The van der Waals surface area contributed by atoms with Gasteiger partial charge in [0, 0.05) is 29.7 Å². The fourth-order valence-corrected chi connectivity index (χ4v) is 3.76. The SMILES string of the molecule is CNC1CCCN(c2cc(OC)c(Br)cc2Br)C1. The Balaban J connectivity index is 2.26. The van der Waals surface area contributed by atoms with Gasteiger partial charge in [-0.25, -0.2) is 0 Å². The van der Waals surface area contributed by atoms with Crippen molar-refractivity contribution in [3.05, 3.63) is 21.1 Å². The normalized spacial score (nSPS) is 20.0. The van der Waals surface area contributed by atoms with Crippen LogP contribution < -0.4 is 15.0 Å². The number of likely N-dealkylation sites (N-methyl/N-ethyl adjacent to an activating group) is 1. The zero-order valence-electron chi connectivity index (χ0n) is 10.7. The van der Waals surface area contributed by atoms with Crippen molar-refractivity contribution in [2.24, 2.45) is 0 Å². The van der Waals surface area contributed by atoms with E-state index >= 15 is 0 Å². The molecule has 1 heterocycles. The third-order valence-electron chi connectivity index (χ3n) is 3.39. The van der Waals surface area contributed by atoms with Crippen LogP contribution in [0.25, 0.3) is 0 Å². The summed E-state index contributed by atoms with van der Waals surface area (Å²) < 4.78 is 7.45. The van der Waals surface area contributed by atoms with E-state index in [1.807, 2.05) is 7.05 Å². The molecule has 18 heavy (non-hydrogen) atoms. The van der Waals surface area contributed by atoms with Gasteiger partial charge in [-0.1, -0.05) is 0 Å². The smallest absolute Gasteiger partial charge is 0.135 e. The van der Waals surface area contributed by atoms with Crippen LogP contribution in [-0.2, 0) is 0 Å². The molecule has 0 bridgehead atoms. The highest BCUT2D eigenvalue weighted by Gasteiger charge is 2.21. The van der Waals surface area contributed by atoms with Crippen molar-refractivity contribution >= 4 is 37.5 Å². The third kappa shape index (κ3) is 3.00. The minimum absolute atomic E-state index is 0.570. The second-order valence-corrected chi connectivity index (χ2v) is 6.22. The number of benzene rings is 1. The Morgan fingerprint density at radius 3 is 2.78 bits per heavy atom. The summed E-state index contributed by atoms with van der Waals surface area (Å²) in [7, 11) is 3.73. The highest BCUT2D eigenvalue weighted by Crippen LogP contribution is 2.37. The Kier molecular flexibility index (Phi) is 4.92. The molecule has 3 nitrogen and oxygen atoms in total. The molecule has 5 heteroatoms. The summed E-state index contributed by atoms with van der Waals surface area (Å²) >= 11 is 7.15. The van der Waals surface area contributed by atoms with Crippen molar-refractivity contribution in [3.63, 3.8) is 0 Å². The molecule has 100 valence electrons. The first-order chi connectivity index (χ1) is 8.65. The van der Waals surface area contributed by atoms with Crippen LogP contribution in [0.5, 0.6) is 5.75 Å². The minimum atomic E-state index is 0.570. The molecule has 1 unspecified atom stereocenters. The van der Waals surface area contributed by atoms with Gasteiger partial charge in [0.2, 0.25) is 0 Å². The Bertz CT molecular complexity index is 426. The van der Waals surface area contributed by atoms with E-state index in [1.54, 1.807) is 7.11 Å².